The molecule has 0 heterocycles. The van der Waals surface area contributed by atoms with E-state index in [1.54, 1.807) is 5.57 Å². The van der Waals surface area contributed by atoms with Gasteiger partial charge in [0, 0.05) is 5.92 Å². The number of allylic oxidation sites excluding steroid dienone is 5. The van der Waals surface area contributed by atoms with E-state index in [9.17, 15) is 0 Å². The molecule has 0 spiro atoms. The number of hydrogen-bond donors (Lipinski definition) is 0. The first-order valence-corrected chi connectivity index (χ1v) is 10.4. The molecular formula is C24H40. The van der Waals surface area contributed by atoms with Crippen molar-refractivity contribution in [1.82, 2.24) is 0 Å². The van der Waals surface area contributed by atoms with Crippen molar-refractivity contribution < 1.29 is 0 Å². The molecule has 0 heteroatoms. The van der Waals surface area contributed by atoms with Gasteiger partial charge in [0.2, 0.25) is 0 Å². The SMILES string of the molecule is C=C(C)/C=C1/CCC2CCC(CCC)C(C)(C)CCC2C1/C=C/C. The van der Waals surface area contributed by atoms with E-state index in [0.29, 0.717) is 11.3 Å². The van der Waals surface area contributed by atoms with Crippen molar-refractivity contribution in [1.29, 1.82) is 0 Å². The molecule has 0 N–H and O–H groups in total. The van der Waals surface area contributed by atoms with Crippen LogP contribution in [0.15, 0.2) is 36.0 Å². The van der Waals surface area contributed by atoms with E-state index < -0.39 is 0 Å². The Morgan fingerprint density at radius 1 is 1.21 bits per heavy atom. The molecule has 2 rings (SSSR count). The minimum Gasteiger partial charge on any atom is -0.0961 e. The molecule has 4 atom stereocenters. The van der Waals surface area contributed by atoms with E-state index in [1.807, 2.05) is 0 Å². The molecule has 0 radical (unpaired) electrons. The maximum atomic E-state index is 4.13. The van der Waals surface area contributed by atoms with E-state index in [1.165, 1.54) is 56.9 Å². The van der Waals surface area contributed by atoms with Gasteiger partial charge in [-0.2, -0.15) is 0 Å². The molecule has 0 aromatic rings. The number of rotatable bonds is 4. The van der Waals surface area contributed by atoms with Crippen molar-refractivity contribution in [3.05, 3.63) is 36.0 Å². The first kappa shape index (κ1) is 19.5. The van der Waals surface area contributed by atoms with Gasteiger partial charge in [0.15, 0.2) is 0 Å². The van der Waals surface area contributed by atoms with Crippen molar-refractivity contribution >= 4 is 0 Å². The van der Waals surface area contributed by atoms with E-state index in [0.717, 1.165) is 17.8 Å². The quantitative estimate of drug-likeness (QED) is 0.463. The Balaban J connectivity index is 2.23. The van der Waals surface area contributed by atoms with Crippen LogP contribution in [0.4, 0.5) is 0 Å². The van der Waals surface area contributed by atoms with Crippen LogP contribution in [-0.4, -0.2) is 0 Å². The van der Waals surface area contributed by atoms with Gasteiger partial charge in [0.05, 0.1) is 0 Å². The summed E-state index contributed by atoms with van der Waals surface area (Å²) in [5.41, 5.74) is 3.37. The van der Waals surface area contributed by atoms with Crippen LogP contribution in [0.1, 0.15) is 86.0 Å². The molecule has 0 nitrogen and oxygen atoms in total. The molecule has 4 unspecified atom stereocenters. The highest BCUT2D eigenvalue weighted by atomic mass is 14.4. The summed E-state index contributed by atoms with van der Waals surface area (Å²) in [5, 5.41) is 0. The molecule has 2 fully saturated rings. The van der Waals surface area contributed by atoms with Crippen molar-refractivity contribution in [2.75, 3.05) is 0 Å². The lowest BCUT2D eigenvalue weighted by molar-refractivity contribution is 0.0839. The van der Waals surface area contributed by atoms with Gasteiger partial charge in [-0.3, -0.25) is 0 Å². The molecule has 0 aliphatic heterocycles. The van der Waals surface area contributed by atoms with Gasteiger partial charge in [-0.15, -0.1) is 0 Å². The Kier molecular flexibility index (Phi) is 6.96. The lowest BCUT2D eigenvalue weighted by atomic mass is 9.59. The monoisotopic (exact) mass is 328 g/mol. The largest absolute Gasteiger partial charge is 0.0961 e. The second-order valence-corrected chi connectivity index (χ2v) is 9.17. The van der Waals surface area contributed by atoms with Gasteiger partial charge in [-0.25, -0.2) is 0 Å². The normalized spacial score (nSPS) is 35.5. The third-order valence-electron chi connectivity index (χ3n) is 6.88. The minimum atomic E-state index is 0.511. The van der Waals surface area contributed by atoms with Gasteiger partial charge < -0.3 is 0 Å². The molecule has 0 aromatic carbocycles. The van der Waals surface area contributed by atoms with Crippen molar-refractivity contribution in [3.8, 4) is 0 Å². The Morgan fingerprint density at radius 3 is 2.58 bits per heavy atom. The molecule has 0 bridgehead atoms. The predicted molar refractivity (Wildman–Crippen MR) is 108 cm³/mol. The van der Waals surface area contributed by atoms with Crippen molar-refractivity contribution in [2.45, 2.75) is 86.0 Å². The standard InChI is InChI=1S/C24H40/c1-7-9-21-14-13-19-11-12-20(17-18(3)4)22(10-8-2)23(19)15-16-24(21,5)6/h8,10,17,19,21-23H,3,7,9,11-16H2,1-2,4-6H3/b10-8+,20-17-. The fourth-order valence-corrected chi connectivity index (χ4v) is 5.47. The van der Waals surface area contributed by atoms with Crippen LogP contribution >= 0.6 is 0 Å². The van der Waals surface area contributed by atoms with Gasteiger partial charge in [-0.05, 0) is 75.5 Å². The smallest absolute Gasteiger partial charge is 0.00108 e. The lowest BCUT2D eigenvalue weighted by Crippen LogP contribution is -2.35. The highest BCUT2D eigenvalue weighted by Crippen LogP contribution is 2.50. The Bertz CT molecular complexity index is 476. The van der Waals surface area contributed by atoms with Crippen LogP contribution in [-0.2, 0) is 0 Å². The summed E-state index contributed by atoms with van der Waals surface area (Å²) in [7, 11) is 0. The first-order chi connectivity index (χ1) is 11.4. The molecule has 0 amide bonds. The first-order valence-electron chi connectivity index (χ1n) is 10.4. The van der Waals surface area contributed by atoms with Crippen LogP contribution in [0.3, 0.4) is 0 Å². The molecule has 2 aliphatic carbocycles. The number of hydrogen-bond acceptors (Lipinski definition) is 0. The van der Waals surface area contributed by atoms with E-state index in [4.69, 9.17) is 0 Å². The fourth-order valence-electron chi connectivity index (χ4n) is 5.47. The van der Waals surface area contributed by atoms with E-state index >= 15 is 0 Å². The third kappa shape index (κ3) is 4.64. The van der Waals surface area contributed by atoms with Gasteiger partial charge in [0.25, 0.3) is 0 Å². The van der Waals surface area contributed by atoms with E-state index in [-0.39, 0.29) is 0 Å². The third-order valence-corrected chi connectivity index (χ3v) is 6.88. The van der Waals surface area contributed by atoms with Crippen molar-refractivity contribution in [2.24, 2.45) is 29.1 Å². The van der Waals surface area contributed by atoms with Gasteiger partial charge in [0.1, 0.15) is 0 Å². The molecule has 2 aliphatic rings. The van der Waals surface area contributed by atoms with Crippen molar-refractivity contribution in [3.63, 3.8) is 0 Å². The van der Waals surface area contributed by atoms with Crippen LogP contribution in [0.25, 0.3) is 0 Å². The molecule has 24 heavy (non-hydrogen) atoms. The Morgan fingerprint density at radius 2 is 1.96 bits per heavy atom. The zero-order valence-electron chi connectivity index (χ0n) is 16.9. The van der Waals surface area contributed by atoms with Crippen LogP contribution < -0.4 is 0 Å². The maximum Gasteiger partial charge on any atom is 0.00108 e. The maximum absolute atomic E-state index is 4.13. The molecule has 136 valence electrons. The van der Waals surface area contributed by atoms with E-state index in [2.05, 4.69) is 59.4 Å². The average Bonchev–Trinajstić information content (AvgIpc) is 2.50. The summed E-state index contributed by atoms with van der Waals surface area (Å²) in [6.45, 7) is 15.9. The highest BCUT2D eigenvalue weighted by molar-refractivity contribution is 5.26. The zero-order valence-corrected chi connectivity index (χ0v) is 16.9. The summed E-state index contributed by atoms with van der Waals surface area (Å²) in [4.78, 5) is 0. The highest BCUT2D eigenvalue weighted by Gasteiger charge is 2.39. The second kappa shape index (κ2) is 8.54. The zero-order chi connectivity index (χ0) is 17.7. The van der Waals surface area contributed by atoms with Crippen LogP contribution in [0.2, 0.25) is 0 Å². The average molecular weight is 329 g/mol. The van der Waals surface area contributed by atoms with Gasteiger partial charge >= 0.3 is 0 Å². The summed E-state index contributed by atoms with van der Waals surface area (Å²) >= 11 is 0. The summed E-state index contributed by atoms with van der Waals surface area (Å²) in [5.74, 6) is 3.37. The van der Waals surface area contributed by atoms with Crippen LogP contribution in [0.5, 0.6) is 0 Å². The van der Waals surface area contributed by atoms with Gasteiger partial charge in [-0.1, -0.05) is 69.6 Å². The molecule has 0 aromatic heterocycles. The fraction of sp³-hybridized carbons (Fsp3) is 0.750. The second-order valence-electron chi connectivity index (χ2n) is 9.17. The Hall–Kier alpha value is -0.780. The lowest BCUT2D eigenvalue weighted by Gasteiger charge is -2.45. The number of fused-ring (bicyclic) bond motifs is 1. The molecular weight excluding hydrogens is 288 g/mol. The summed E-state index contributed by atoms with van der Waals surface area (Å²) < 4.78 is 0. The molecule has 0 saturated heterocycles. The predicted octanol–water partition coefficient (Wildman–Crippen LogP) is 7.72. The van der Waals surface area contributed by atoms with Crippen LogP contribution in [0, 0.1) is 29.1 Å². The summed E-state index contributed by atoms with van der Waals surface area (Å²) in [6.07, 6.45) is 18.3. The summed E-state index contributed by atoms with van der Waals surface area (Å²) in [6, 6.07) is 0. The topological polar surface area (TPSA) is 0 Å². The Labute approximate surface area is 151 Å². The molecule has 2 saturated carbocycles. The minimum absolute atomic E-state index is 0.511.